The van der Waals surface area contributed by atoms with Gasteiger partial charge in [-0.15, -0.1) is 0 Å². The summed E-state index contributed by atoms with van der Waals surface area (Å²) in [4.78, 5) is 11.8. The lowest BCUT2D eigenvalue weighted by molar-refractivity contribution is -0.146. The van der Waals surface area contributed by atoms with Gasteiger partial charge in [-0.1, -0.05) is 71.6 Å². The van der Waals surface area contributed by atoms with E-state index in [-0.39, 0.29) is 5.97 Å². The van der Waals surface area contributed by atoms with Crippen molar-refractivity contribution in [1.29, 1.82) is 0 Å². The molecule has 0 saturated heterocycles. The SMILES string of the molecule is CCCCCCCCC(=O)OCCOC1CCC(C2CCC(CCC)CC2)CC1. The molecular weight excluding hydrogens is 360 g/mol. The molecule has 0 aromatic rings. The molecular formula is C26H48O3. The van der Waals surface area contributed by atoms with Crippen LogP contribution in [0.3, 0.4) is 0 Å². The average molecular weight is 409 g/mol. The Balaban J connectivity index is 1.44. The number of carbonyl (C=O) groups is 1. The lowest BCUT2D eigenvalue weighted by Crippen LogP contribution is -2.29. The Labute approximate surface area is 180 Å². The van der Waals surface area contributed by atoms with Crippen molar-refractivity contribution >= 4 is 5.97 Å². The van der Waals surface area contributed by atoms with Gasteiger partial charge in [-0.25, -0.2) is 0 Å². The second-order valence-corrected chi connectivity index (χ2v) is 9.72. The Kier molecular flexibility index (Phi) is 13.0. The van der Waals surface area contributed by atoms with Gasteiger partial charge in [0.2, 0.25) is 0 Å². The van der Waals surface area contributed by atoms with Crippen LogP contribution in [-0.2, 0) is 14.3 Å². The number of hydrogen-bond donors (Lipinski definition) is 0. The first kappa shape index (κ1) is 24.7. The zero-order chi connectivity index (χ0) is 20.7. The maximum Gasteiger partial charge on any atom is 0.305 e. The Hall–Kier alpha value is -0.570. The Bertz CT molecular complexity index is 406. The molecule has 2 fully saturated rings. The molecule has 0 amide bonds. The van der Waals surface area contributed by atoms with Gasteiger partial charge in [0.15, 0.2) is 0 Å². The maximum absolute atomic E-state index is 11.8. The molecule has 0 aliphatic heterocycles. The topological polar surface area (TPSA) is 35.5 Å². The van der Waals surface area contributed by atoms with Gasteiger partial charge in [0, 0.05) is 6.42 Å². The molecule has 2 rings (SSSR count). The maximum atomic E-state index is 11.8. The molecule has 2 saturated carbocycles. The minimum Gasteiger partial charge on any atom is -0.463 e. The van der Waals surface area contributed by atoms with E-state index in [0.717, 1.165) is 30.6 Å². The normalized spacial score (nSPS) is 27.7. The molecule has 29 heavy (non-hydrogen) atoms. The molecule has 2 aliphatic rings. The van der Waals surface area contributed by atoms with E-state index in [0.29, 0.717) is 25.7 Å². The van der Waals surface area contributed by atoms with Gasteiger partial charge < -0.3 is 9.47 Å². The third-order valence-corrected chi connectivity index (χ3v) is 7.41. The summed E-state index contributed by atoms with van der Waals surface area (Å²) in [5.74, 6) is 2.88. The summed E-state index contributed by atoms with van der Waals surface area (Å²) < 4.78 is 11.4. The number of rotatable bonds is 14. The number of hydrogen-bond acceptors (Lipinski definition) is 3. The summed E-state index contributed by atoms with van der Waals surface area (Å²) in [6, 6.07) is 0. The van der Waals surface area contributed by atoms with Gasteiger partial charge in [0.25, 0.3) is 0 Å². The van der Waals surface area contributed by atoms with Gasteiger partial charge in [-0.2, -0.15) is 0 Å². The van der Waals surface area contributed by atoms with E-state index in [1.54, 1.807) is 0 Å². The first-order chi connectivity index (χ1) is 14.2. The zero-order valence-corrected chi connectivity index (χ0v) is 19.5. The smallest absolute Gasteiger partial charge is 0.305 e. The summed E-state index contributed by atoms with van der Waals surface area (Å²) in [6.07, 6.45) is 21.9. The summed E-state index contributed by atoms with van der Waals surface area (Å²) in [6.45, 7) is 5.55. The highest BCUT2D eigenvalue weighted by Gasteiger charge is 2.30. The van der Waals surface area contributed by atoms with Crippen molar-refractivity contribution in [1.82, 2.24) is 0 Å². The second-order valence-electron chi connectivity index (χ2n) is 9.72. The Morgan fingerprint density at radius 2 is 1.34 bits per heavy atom. The van der Waals surface area contributed by atoms with Gasteiger partial charge in [-0.3, -0.25) is 4.79 Å². The molecule has 0 N–H and O–H groups in total. The number of carbonyl (C=O) groups excluding carboxylic acids is 1. The Morgan fingerprint density at radius 1 is 0.724 bits per heavy atom. The minimum atomic E-state index is -0.0496. The largest absolute Gasteiger partial charge is 0.463 e. The van der Waals surface area contributed by atoms with E-state index in [1.165, 1.54) is 89.9 Å². The predicted octanol–water partition coefficient (Wildman–Crippen LogP) is 7.46. The van der Waals surface area contributed by atoms with Crippen LogP contribution in [0.2, 0.25) is 0 Å². The fourth-order valence-electron chi connectivity index (χ4n) is 5.58. The summed E-state index contributed by atoms with van der Waals surface area (Å²) in [7, 11) is 0. The highest BCUT2D eigenvalue weighted by Crippen LogP contribution is 2.41. The quantitative estimate of drug-likeness (QED) is 0.221. The van der Waals surface area contributed by atoms with Crippen molar-refractivity contribution in [2.45, 2.75) is 129 Å². The summed E-state index contributed by atoms with van der Waals surface area (Å²) in [5, 5.41) is 0. The lowest BCUT2D eigenvalue weighted by atomic mass is 9.70. The molecule has 0 spiro atoms. The standard InChI is InChI=1S/C26H48O3/c1-3-5-6-7-8-9-11-26(27)29-21-20-28-25-18-16-24(17-19-25)23-14-12-22(10-4-2)13-15-23/h22-25H,3-21H2,1-2H3. The van der Waals surface area contributed by atoms with Crippen LogP contribution in [0.4, 0.5) is 0 Å². The minimum absolute atomic E-state index is 0.0496. The van der Waals surface area contributed by atoms with Crippen LogP contribution >= 0.6 is 0 Å². The molecule has 3 nitrogen and oxygen atoms in total. The number of unbranched alkanes of at least 4 members (excludes halogenated alkanes) is 5. The third-order valence-electron chi connectivity index (χ3n) is 7.41. The Morgan fingerprint density at radius 3 is 2.00 bits per heavy atom. The van der Waals surface area contributed by atoms with E-state index in [1.807, 2.05) is 0 Å². The fourth-order valence-corrected chi connectivity index (χ4v) is 5.58. The molecule has 0 unspecified atom stereocenters. The van der Waals surface area contributed by atoms with E-state index in [9.17, 15) is 4.79 Å². The van der Waals surface area contributed by atoms with Crippen molar-refractivity contribution in [3.63, 3.8) is 0 Å². The van der Waals surface area contributed by atoms with Crippen LogP contribution in [0.5, 0.6) is 0 Å². The van der Waals surface area contributed by atoms with Crippen molar-refractivity contribution in [2.24, 2.45) is 17.8 Å². The molecule has 0 bridgehead atoms. The van der Waals surface area contributed by atoms with Gasteiger partial charge >= 0.3 is 5.97 Å². The van der Waals surface area contributed by atoms with E-state index in [2.05, 4.69) is 13.8 Å². The molecule has 0 aromatic heterocycles. The summed E-state index contributed by atoms with van der Waals surface area (Å²) in [5.41, 5.74) is 0. The van der Waals surface area contributed by atoms with E-state index < -0.39 is 0 Å². The van der Waals surface area contributed by atoms with E-state index >= 15 is 0 Å². The second kappa shape index (κ2) is 15.3. The molecule has 0 radical (unpaired) electrons. The van der Waals surface area contributed by atoms with Crippen molar-refractivity contribution in [3.8, 4) is 0 Å². The predicted molar refractivity (Wildman–Crippen MR) is 121 cm³/mol. The lowest BCUT2D eigenvalue weighted by Gasteiger charge is -2.37. The van der Waals surface area contributed by atoms with Crippen molar-refractivity contribution in [2.75, 3.05) is 13.2 Å². The van der Waals surface area contributed by atoms with Crippen LogP contribution in [0.15, 0.2) is 0 Å². The van der Waals surface area contributed by atoms with Gasteiger partial charge in [-0.05, 0) is 62.7 Å². The number of esters is 1. The van der Waals surface area contributed by atoms with Crippen LogP contribution in [0.1, 0.15) is 123 Å². The average Bonchev–Trinajstić information content (AvgIpc) is 2.75. The highest BCUT2D eigenvalue weighted by atomic mass is 16.6. The van der Waals surface area contributed by atoms with Crippen molar-refractivity contribution in [3.05, 3.63) is 0 Å². The van der Waals surface area contributed by atoms with E-state index in [4.69, 9.17) is 9.47 Å². The van der Waals surface area contributed by atoms with Crippen LogP contribution in [0.25, 0.3) is 0 Å². The zero-order valence-electron chi connectivity index (χ0n) is 19.5. The molecule has 170 valence electrons. The molecule has 2 aliphatic carbocycles. The number of ether oxygens (including phenoxy) is 2. The van der Waals surface area contributed by atoms with Crippen LogP contribution in [-0.4, -0.2) is 25.3 Å². The molecule has 3 heteroatoms. The fraction of sp³-hybridized carbons (Fsp3) is 0.962. The highest BCUT2D eigenvalue weighted by molar-refractivity contribution is 5.69. The molecule has 0 atom stereocenters. The van der Waals surface area contributed by atoms with Gasteiger partial charge in [0.05, 0.1) is 12.7 Å². The molecule has 0 aromatic carbocycles. The van der Waals surface area contributed by atoms with Crippen molar-refractivity contribution < 1.29 is 14.3 Å². The first-order valence-electron chi connectivity index (χ1n) is 13.0. The molecule has 0 heterocycles. The first-order valence-corrected chi connectivity index (χ1v) is 13.0. The van der Waals surface area contributed by atoms with Gasteiger partial charge in [0.1, 0.15) is 6.61 Å². The third kappa shape index (κ3) is 10.3. The monoisotopic (exact) mass is 408 g/mol. The summed E-state index contributed by atoms with van der Waals surface area (Å²) >= 11 is 0. The van der Waals surface area contributed by atoms with Crippen LogP contribution < -0.4 is 0 Å². The van der Waals surface area contributed by atoms with Crippen LogP contribution in [0, 0.1) is 17.8 Å².